The maximum absolute atomic E-state index is 10.7. The molecule has 27 heavy (non-hydrogen) atoms. The molecule has 0 aromatic rings. The number of azide groups is 1. The van der Waals surface area contributed by atoms with Crippen molar-refractivity contribution in [3.8, 4) is 0 Å². The molecule has 0 saturated carbocycles. The average molecular weight is 417 g/mol. The molecule has 1 heterocycles. The summed E-state index contributed by atoms with van der Waals surface area (Å²) < 4.78 is 35.7. The number of hydrogen-bond donors (Lipinski definition) is 5. The maximum atomic E-state index is 10.7. The van der Waals surface area contributed by atoms with Gasteiger partial charge in [0.05, 0.1) is 39.6 Å². The van der Waals surface area contributed by atoms with Gasteiger partial charge < -0.3 is 44.1 Å². The fourth-order valence-corrected chi connectivity index (χ4v) is 2.40. The molecule has 1 aliphatic heterocycles. The van der Waals surface area contributed by atoms with Crippen LogP contribution in [0.2, 0.25) is 0 Å². The van der Waals surface area contributed by atoms with Gasteiger partial charge in [-0.3, -0.25) is 4.52 Å². The van der Waals surface area contributed by atoms with Crippen molar-refractivity contribution in [2.75, 3.05) is 46.2 Å². The number of nitrogens with zero attached hydrogens (tertiary/aromatic N) is 3. The van der Waals surface area contributed by atoms with E-state index in [1.54, 1.807) is 0 Å². The summed E-state index contributed by atoms with van der Waals surface area (Å²) >= 11 is 0. The second-order valence-electron chi connectivity index (χ2n) is 5.35. The fourth-order valence-electron chi connectivity index (χ4n) is 2.06. The third kappa shape index (κ3) is 9.76. The van der Waals surface area contributed by atoms with Gasteiger partial charge in [-0.25, -0.2) is 4.57 Å². The minimum atomic E-state index is -4.79. The van der Waals surface area contributed by atoms with E-state index < -0.39 is 45.1 Å². The topological polar surface area (TPSA) is 213 Å². The Morgan fingerprint density at radius 3 is 2.26 bits per heavy atom. The Morgan fingerprint density at radius 1 is 1.00 bits per heavy atom. The number of rotatable bonds is 13. The van der Waals surface area contributed by atoms with Gasteiger partial charge in [-0.2, -0.15) is 0 Å². The molecule has 1 rings (SSSR count). The van der Waals surface area contributed by atoms with E-state index in [4.69, 9.17) is 34.3 Å². The highest BCUT2D eigenvalue weighted by atomic mass is 31.2. The van der Waals surface area contributed by atoms with E-state index in [0.29, 0.717) is 0 Å². The second kappa shape index (κ2) is 12.6. The second-order valence-corrected chi connectivity index (χ2v) is 6.59. The van der Waals surface area contributed by atoms with Gasteiger partial charge >= 0.3 is 7.82 Å². The van der Waals surface area contributed by atoms with Gasteiger partial charge in [-0.15, -0.1) is 0 Å². The van der Waals surface area contributed by atoms with Gasteiger partial charge in [0.15, 0.2) is 6.29 Å². The normalized spacial score (nSPS) is 28.7. The molecular weight excluding hydrogens is 393 g/mol. The predicted octanol–water partition coefficient (Wildman–Crippen LogP) is -1.74. The van der Waals surface area contributed by atoms with Gasteiger partial charge in [0.2, 0.25) is 0 Å². The van der Waals surface area contributed by atoms with Crippen molar-refractivity contribution in [1.82, 2.24) is 0 Å². The first kappa shape index (κ1) is 24.2. The molecule has 0 bridgehead atoms. The van der Waals surface area contributed by atoms with E-state index >= 15 is 0 Å². The van der Waals surface area contributed by atoms with Crippen molar-refractivity contribution in [2.45, 2.75) is 30.7 Å². The molecule has 5 N–H and O–H groups in total. The predicted molar refractivity (Wildman–Crippen MR) is 86.3 cm³/mol. The smallest absolute Gasteiger partial charge is 0.387 e. The van der Waals surface area contributed by atoms with Crippen LogP contribution in [-0.2, 0) is 28.0 Å². The molecule has 14 nitrogen and oxygen atoms in total. The summed E-state index contributed by atoms with van der Waals surface area (Å²) in [7, 11) is -4.79. The van der Waals surface area contributed by atoms with Crippen LogP contribution in [0, 0.1) is 0 Å². The third-order valence-corrected chi connectivity index (χ3v) is 3.84. The van der Waals surface area contributed by atoms with Crippen molar-refractivity contribution < 1.29 is 53.1 Å². The zero-order valence-corrected chi connectivity index (χ0v) is 15.2. The monoisotopic (exact) mass is 417 g/mol. The highest BCUT2D eigenvalue weighted by Crippen LogP contribution is 2.37. The fraction of sp³-hybridized carbons (Fsp3) is 1.00. The first-order chi connectivity index (χ1) is 12.8. The van der Waals surface area contributed by atoms with Gasteiger partial charge in [-0.05, 0) is 5.53 Å². The Labute approximate surface area is 154 Å². The highest BCUT2D eigenvalue weighted by Gasteiger charge is 2.44. The molecule has 1 saturated heterocycles. The van der Waals surface area contributed by atoms with Gasteiger partial charge in [-0.1, -0.05) is 5.11 Å². The van der Waals surface area contributed by atoms with E-state index in [9.17, 15) is 19.9 Å². The SMILES string of the molecule is [N-]=[N+]=NCCOCCOCCO[C@H]1OC(COP(=O)(O)O)[C@@H](O)[C@H](O)C1O. The number of aliphatic hydroxyl groups excluding tert-OH is 3. The molecule has 1 fully saturated rings. The van der Waals surface area contributed by atoms with Crippen LogP contribution in [0.15, 0.2) is 5.11 Å². The minimum Gasteiger partial charge on any atom is -0.387 e. The lowest BCUT2D eigenvalue weighted by molar-refractivity contribution is -0.301. The van der Waals surface area contributed by atoms with E-state index in [-0.39, 0.29) is 39.6 Å². The van der Waals surface area contributed by atoms with E-state index in [1.807, 2.05) is 0 Å². The summed E-state index contributed by atoms with van der Waals surface area (Å²) in [5.74, 6) is 0. The first-order valence-electron chi connectivity index (χ1n) is 7.94. The Kier molecular flexibility index (Phi) is 11.3. The molecule has 2 unspecified atom stereocenters. The summed E-state index contributed by atoms with van der Waals surface area (Å²) in [4.78, 5) is 19.9. The molecule has 5 atom stereocenters. The zero-order valence-electron chi connectivity index (χ0n) is 14.3. The Morgan fingerprint density at radius 2 is 1.63 bits per heavy atom. The van der Waals surface area contributed by atoms with Crippen molar-refractivity contribution in [2.24, 2.45) is 5.11 Å². The molecule has 0 aliphatic carbocycles. The summed E-state index contributed by atoms with van der Waals surface area (Å²) in [5.41, 5.74) is 8.07. The van der Waals surface area contributed by atoms with Crippen LogP contribution in [0.3, 0.4) is 0 Å². The van der Waals surface area contributed by atoms with E-state index in [2.05, 4.69) is 14.5 Å². The maximum Gasteiger partial charge on any atom is 0.469 e. The molecule has 0 radical (unpaired) electrons. The van der Waals surface area contributed by atoms with Crippen LogP contribution in [0.4, 0.5) is 0 Å². The molecule has 1 aliphatic rings. The number of phosphoric ester groups is 1. The molecule has 158 valence electrons. The summed E-state index contributed by atoms with van der Waals surface area (Å²) in [6.07, 6.45) is -7.51. The Hall–Kier alpha value is -0.860. The molecule has 0 amide bonds. The van der Waals surface area contributed by atoms with Gasteiger partial charge in [0, 0.05) is 11.5 Å². The Balaban J connectivity index is 2.26. The van der Waals surface area contributed by atoms with Crippen molar-refractivity contribution >= 4 is 7.82 Å². The van der Waals surface area contributed by atoms with Crippen LogP contribution in [0.5, 0.6) is 0 Å². The summed E-state index contributed by atoms with van der Waals surface area (Å²) in [6, 6.07) is 0. The lowest BCUT2D eigenvalue weighted by atomic mass is 9.99. The number of ether oxygens (including phenoxy) is 4. The van der Waals surface area contributed by atoms with E-state index in [1.165, 1.54) is 0 Å². The lowest BCUT2D eigenvalue weighted by Crippen LogP contribution is -2.59. The van der Waals surface area contributed by atoms with E-state index in [0.717, 1.165) is 0 Å². The standard InChI is InChI=1S/C12H24N3O11P/c13-15-14-1-2-22-3-4-23-5-6-24-12-11(18)10(17)9(16)8(26-12)7-25-27(19,20)21/h8-12,16-18H,1-7H2,(H2,19,20,21)/t8?,9-,10+,11?,12+/m1/s1. The first-order valence-corrected chi connectivity index (χ1v) is 9.47. The molecular formula is C12H24N3O11P. The van der Waals surface area contributed by atoms with Crippen LogP contribution in [-0.4, -0.2) is 102 Å². The highest BCUT2D eigenvalue weighted by molar-refractivity contribution is 7.46. The van der Waals surface area contributed by atoms with Gasteiger partial charge in [0.1, 0.15) is 24.4 Å². The van der Waals surface area contributed by atoms with Crippen LogP contribution < -0.4 is 0 Å². The molecule has 0 aromatic carbocycles. The van der Waals surface area contributed by atoms with Gasteiger partial charge in [0.25, 0.3) is 0 Å². The summed E-state index contributed by atoms with van der Waals surface area (Å²) in [5, 5.41) is 32.7. The van der Waals surface area contributed by atoms with Crippen molar-refractivity contribution in [3.05, 3.63) is 10.4 Å². The minimum absolute atomic E-state index is 0.0324. The van der Waals surface area contributed by atoms with Crippen molar-refractivity contribution in [3.63, 3.8) is 0 Å². The Bertz CT molecular complexity index is 515. The third-order valence-electron chi connectivity index (χ3n) is 3.36. The molecule has 15 heteroatoms. The summed E-state index contributed by atoms with van der Waals surface area (Å²) in [6.45, 7) is 0.370. The van der Waals surface area contributed by atoms with Crippen LogP contribution >= 0.6 is 7.82 Å². The lowest BCUT2D eigenvalue weighted by Gasteiger charge is -2.40. The quantitative estimate of drug-likeness (QED) is 0.0745. The molecule has 0 spiro atoms. The number of phosphoric acid groups is 1. The van der Waals surface area contributed by atoms with Crippen LogP contribution in [0.25, 0.3) is 10.4 Å². The number of aliphatic hydroxyl groups is 3. The zero-order chi connectivity index (χ0) is 20.3. The largest absolute Gasteiger partial charge is 0.469 e. The number of hydrogen-bond acceptors (Lipinski definition) is 10. The van der Waals surface area contributed by atoms with Crippen LogP contribution in [0.1, 0.15) is 0 Å². The molecule has 0 aromatic heterocycles. The average Bonchev–Trinajstić information content (AvgIpc) is 2.61. The van der Waals surface area contributed by atoms with Crippen molar-refractivity contribution in [1.29, 1.82) is 0 Å².